The fourth-order valence-corrected chi connectivity index (χ4v) is 2.72. The van der Waals surface area contributed by atoms with Gasteiger partial charge in [-0.2, -0.15) is 0 Å². The maximum Gasteiger partial charge on any atom is 0.335 e. The molecule has 0 amide bonds. The fraction of sp³-hybridized carbons (Fsp3) is 0.467. The first-order valence-electron chi connectivity index (χ1n) is 6.76. The van der Waals surface area contributed by atoms with E-state index in [1.165, 1.54) is 12.8 Å². The summed E-state index contributed by atoms with van der Waals surface area (Å²) in [7, 11) is 0. The molecule has 4 nitrogen and oxygen atoms in total. The van der Waals surface area contributed by atoms with Gasteiger partial charge in [0.05, 0.1) is 16.6 Å². The summed E-state index contributed by atoms with van der Waals surface area (Å²) in [5.74, 6) is 1.58. The van der Waals surface area contributed by atoms with Gasteiger partial charge in [-0.15, -0.1) is 0 Å². The van der Waals surface area contributed by atoms with E-state index < -0.39 is 5.97 Å². The zero-order chi connectivity index (χ0) is 13.6. The zero-order valence-electron chi connectivity index (χ0n) is 11.3. The molecule has 4 heteroatoms. The van der Waals surface area contributed by atoms with E-state index in [1.807, 2.05) is 13.0 Å². The van der Waals surface area contributed by atoms with Crippen molar-refractivity contribution in [2.45, 2.75) is 33.2 Å². The van der Waals surface area contributed by atoms with Crippen molar-refractivity contribution >= 4 is 17.0 Å². The van der Waals surface area contributed by atoms with Crippen LogP contribution >= 0.6 is 0 Å². The molecular formula is C15H18N2O2. The Balaban J connectivity index is 1.99. The van der Waals surface area contributed by atoms with E-state index in [2.05, 4.69) is 16.5 Å². The molecule has 0 bridgehead atoms. The molecule has 0 spiro atoms. The summed E-state index contributed by atoms with van der Waals surface area (Å²) >= 11 is 0. The second-order valence-corrected chi connectivity index (χ2v) is 5.59. The number of carbonyl (C=O) groups is 1. The van der Waals surface area contributed by atoms with Crippen molar-refractivity contribution in [3.63, 3.8) is 0 Å². The Hall–Kier alpha value is -1.84. The summed E-state index contributed by atoms with van der Waals surface area (Å²) in [5, 5.41) is 9.01. The first-order chi connectivity index (χ1) is 9.06. The number of carboxylic acid groups (broad SMARTS) is 1. The van der Waals surface area contributed by atoms with Crippen molar-refractivity contribution in [1.82, 2.24) is 9.55 Å². The fourth-order valence-electron chi connectivity index (χ4n) is 2.72. The van der Waals surface area contributed by atoms with Gasteiger partial charge < -0.3 is 9.67 Å². The third kappa shape index (κ3) is 2.23. The molecule has 2 aromatic rings. The minimum Gasteiger partial charge on any atom is -0.478 e. The monoisotopic (exact) mass is 258 g/mol. The molecule has 3 rings (SSSR count). The van der Waals surface area contributed by atoms with Crippen LogP contribution in [0.1, 0.15) is 35.9 Å². The number of aryl methyl sites for hydroxylation is 1. The molecule has 1 aromatic heterocycles. The van der Waals surface area contributed by atoms with E-state index in [1.54, 1.807) is 12.1 Å². The molecule has 1 unspecified atom stereocenters. The molecule has 1 aliphatic carbocycles. The van der Waals surface area contributed by atoms with Crippen molar-refractivity contribution < 1.29 is 9.90 Å². The van der Waals surface area contributed by atoms with Gasteiger partial charge in [-0.25, -0.2) is 9.78 Å². The Morgan fingerprint density at radius 2 is 2.26 bits per heavy atom. The molecular weight excluding hydrogens is 240 g/mol. The van der Waals surface area contributed by atoms with Crippen LogP contribution < -0.4 is 0 Å². The molecule has 0 radical (unpaired) electrons. The number of hydrogen-bond acceptors (Lipinski definition) is 2. The van der Waals surface area contributed by atoms with Crippen LogP contribution in [-0.4, -0.2) is 20.6 Å². The number of nitrogens with zero attached hydrogens (tertiary/aromatic N) is 2. The standard InChI is InChI=1S/C15H18N2O2/c1-9(11-3-4-11)8-17-10(2)16-13-7-12(15(18)19)5-6-14(13)17/h5-7,9,11H,3-4,8H2,1-2H3,(H,18,19). The van der Waals surface area contributed by atoms with Crippen molar-refractivity contribution in [3.8, 4) is 0 Å². The number of hydrogen-bond donors (Lipinski definition) is 1. The summed E-state index contributed by atoms with van der Waals surface area (Å²) in [5.41, 5.74) is 2.11. The number of aromatic nitrogens is 2. The number of carboxylic acids is 1. The Morgan fingerprint density at radius 3 is 2.89 bits per heavy atom. The van der Waals surface area contributed by atoms with E-state index >= 15 is 0 Å². The maximum absolute atomic E-state index is 11.0. The molecule has 1 aliphatic rings. The van der Waals surface area contributed by atoms with Crippen LogP contribution in [0.4, 0.5) is 0 Å². The molecule has 1 aromatic carbocycles. The second kappa shape index (κ2) is 4.37. The third-order valence-electron chi connectivity index (χ3n) is 4.08. The molecule has 1 fully saturated rings. The predicted molar refractivity (Wildman–Crippen MR) is 73.3 cm³/mol. The maximum atomic E-state index is 11.0. The van der Waals surface area contributed by atoms with E-state index in [0.29, 0.717) is 11.5 Å². The highest BCUT2D eigenvalue weighted by atomic mass is 16.4. The SMILES string of the molecule is Cc1nc2cc(C(=O)O)ccc2n1CC(C)C1CC1. The average molecular weight is 258 g/mol. The lowest BCUT2D eigenvalue weighted by Gasteiger charge is -2.13. The second-order valence-electron chi connectivity index (χ2n) is 5.59. The molecule has 0 aliphatic heterocycles. The Kier molecular flexibility index (Phi) is 2.81. The summed E-state index contributed by atoms with van der Waals surface area (Å²) in [6, 6.07) is 5.19. The third-order valence-corrected chi connectivity index (χ3v) is 4.08. The Labute approximate surface area is 112 Å². The normalized spacial score (nSPS) is 16.7. The van der Waals surface area contributed by atoms with Crippen LogP contribution in [0.5, 0.6) is 0 Å². The molecule has 0 saturated heterocycles. The minimum absolute atomic E-state index is 0.299. The first-order valence-corrected chi connectivity index (χ1v) is 6.76. The Morgan fingerprint density at radius 1 is 1.53 bits per heavy atom. The van der Waals surface area contributed by atoms with Crippen molar-refractivity contribution in [3.05, 3.63) is 29.6 Å². The summed E-state index contributed by atoms with van der Waals surface area (Å²) in [6.45, 7) is 5.24. The number of rotatable bonds is 4. The van der Waals surface area contributed by atoms with Crippen molar-refractivity contribution in [2.75, 3.05) is 0 Å². The highest BCUT2D eigenvalue weighted by molar-refractivity contribution is 5.92. The predicted octanol–water partition coefficient (Wildman–Crippen LogP) is 3.09. The largest absolute Gasteiger partial charge is 0.478 e. The van der Waals surface area contributed by atoms with Gasteiger partial charge in [-0.1, -0.05) is 6.92 Å². The first kappa shape index (κ1) is 12.2. The lowest BCUT2D eigenvalue weighted by molar-refractivity contribution is 0.0697. The van der Waals surface area contributed by atoms with Gasteiger partial charge in [0.2, 0.25) is 0 Å². The van der Waals surface area contributed by atoms with E-state index in [9.17, 15) is 4.79 Å². The van der Waals surface area contributed by atoms with Crippen LogP contribution in [0.15, 0.2) is 18.2 Å². The van der Waals surface area contributed by atoms with Gasteiger partial charge in [-0.3, -0.25) is 0 Å². The molecule has 1 N–H and O–H groups in total. The lowest BCUT2D eigenvalue weighted by atomic mass is 10.1. The van der Waals surface area contributed by atoms with Crippen LogP contribution in [0.2, 0.25) is 0 Å². The highest BCUT2D eigenvalue weighted by Crippen LogP contribution is 2.37. The molecule has 100 valence electrons. The molecule has 1 atom stereocenters. The molecule has 1 saturated carbocycles. The van der Waals surface area contributed by atoms with Gasteiger partial charge in [-0.05, 0) is 49.8 Å². The van der Waals surface area contributed by atoms with Gasteiger partial charge in [0.25, 0.3) is 0 Å². The van der Waals surface area contributed by atoms with Crippen LogP contribution in [0.25, 0.3) is 11.0 Å². The average Bonchev–Trinajstić information content (AvgIpc) is 3.16. The minimum atomic E-state index is -0.902. The number of imidazole rings is 1. The number of fused-ring (bicyclic) bond motifs is 1. The highest BCUT2D eigenvalue weighted by Gasteiger charge is 2.28. The van der Waals surface area contributed by atoms with Crippen molar-refractivity contribution in [1.29, 1.82) is 0 Å². The number of aromatic carboxylic acids is 1. The van der Waals surface area contributed by atoms with Gasteiger partial charge >= 0.3 is 5.97 Å². The molecule has 19 heavy (non-hydrogen) atoms. The van der Waals surface area contributed by atoms with E-state index in [0.717, 1.165) is 29.3 Å². The lowest BCUT2D eigenvalue weighted by Crippen LogP contribution is -2.10. The van der Waals surface area contributed by atoms with Gasteiger partial charge in [0, 0.05) is 6.54 Å². The van der Waals surface area contributed by atoms with E-state index in [-0.39, 0.29) is 0 Å². The smallest absolute Gasteiger partial charge is 0.335 e. The topological polar surface area (TPSA) is 55.1 Å². The quantitative estimate of drug-likeness (QED) is 0.916. The number of benzene rings is 1. The Bertz CT molecular complexity index is 641. The van der Waals surface area contributed by atoms with Gasteiger partial charge in [0.15, 0.2) is 0 Å². The summed E-state index contributed by atoms with van der Waals surface area (Å²) in [4.78, 5) is 15.5. The summed E-state index contributed by atoms with van der Waals surface area (Å²) in [6.07, 6.45) is 2.69. The zero-order valence-corrected chi connectivity index (χ0v) is 11.3. The van der Waals surface area contributed by atoms with Gasteiger partial charge in [0.1, 0.15) is 5.82 Å². The molecule has 1 heterocycles. The van der Waals surface area contributed by atoms with E-state index in [4.69, 9.17) is 5.11 Å². The summed E-state index contributed by atoms with van der Waals surface area (Å²) < 4.78 is 2.21. The van der Waals surface area contributed by atoms with Crippen LogP contribution in [-0.2, 0) is 6.54 Å². The van der Waals surface area contributed by atoms with Crippen molar-refractivity contribution in [2.24, 2.45) is 11.8 Å². The van der Waals surface area contributed by atoms with Crippen LogP contribution in [0, 0.1) is 18.8 Å². The van der Waals surface area contributed by atoms with Crippen LogP contribution in [0.3, 0.4) is 0 Å².